The van der Waals surface area contributed by atoms with Crippen molar-refractivity contribution in [3.8, 4) is 5.75 Å². The highest BCUT2D eigenvalue weighted by Crippen LogP contribution is 2.30. The molecule has 1 aromatic rings. The lowest BCUT2D eigenvalue weighted by molar-refractivity contribution is 0.408. The first-order valence-electron chi connectivity index (χ1n) is 6.61. The van der Waals surface area contributed by atoms with Crippen LogP contribution in [0.2, 0.25) is 0 Å². The van der Waals surface area contributed by atoms with Crippen molar-refractivity contribution >= 4 is 0 Å². The maximum Gasteiger partial charge on any atom is 0.124 e. The standard InChI is InChI=1S/C15H23NO/c1-11-9-13(10-12(2)15(11)17-3)14-7-5-4-6-8-16-14/h9-10,14,16H,4-8H2,1-3H3/t14-/m0/s1. The predicted octanol–water partition coefficient (Wildman–Crippen LogP) is 3.52. The van der Waals surface area contributed by atoms with Crippen molar-refractivity contribution in [2.75, 3.05) is 13.7 Å². The van der Waals surface area contributed by atoms with Crippen molar-refractivity contribution in [2.45, 2.75) is 45.6 Å². The van der Waals surface area contributed by atoms with E-state index in [1.165, 1.54) is 42.4 Å². The molecule has 0 saturated carbocycles. The summed E-state index contributed by atoms with van der Waals surface area (Å²) in [5.41, 5.74) is 3.91. The van der Waals surface area contributed by atoms with Gasteiger partial charge in [-0.2, -0.15) is 0 Å². The zero-order chi connectivity index (χ0) is 12.3. The molecular weight excluding hydrogens is 210 g/mol. The normalized spacial score (nSPS) is 21.0. The van der Waals surface area contributed by atoms with Gasteiger partial charge in [0.15, 0.2) is 0 Å². The maximum atomic E-state index is 5.42. The minimum absolute atomic E-state index is 0.529. The van der Waals surface area contributed by atoms with Crippen molar-refractivity contribution in [1.82, 2.24) is 5.32 Å². The third-order valence-electron chi connectivity index (χ3n) is 3.65. The fourth-order valence-corrected chi connectivity index (χ4v) is 2.82. The third kappa shape index (κ3) is 2.81. The molecule has 1 N–H and O–H groups in total. The van der Waals surface area contributed by atoms with E-state index in [-0.39, 0.29) is 0 Å². The van der Waals surface area contributed by atoms with Crippen LogP contribution in [0.15, 0.2) is 12.1 Å². The average molecular weight is 233 g/mol. The molecule has 94 valence electrons. The molecule has 0 amide bonds. The summed E-state index contributed by atoms with van der Waals surface area (Å²) in [6, 6.07) is 5.07. The minimum Gasteiger partial charge on any atom is -0.496 e. The first kappa shape index (κ1) is 12.4. The van der Waals surface area contributed by atoms with Gasteiger partial charge in [-0.15, -0.1) is 0 Å². The highest BCUT2D eigenvalue weighted by molar-refractivity contribution is 5.44. The van der Waals surface area contributed by atoms with Gasteiger partial charge in [0.2, 0.25) is 0 Å². The molecule has 0 unspecified atom stereocenters. The molecule has 0 bridgehead atoms. The van der Waals surface area contributed by atoms with Crippen LogP contribution in [0.4, 0.5) is 0 Å². The summed E-state index contributed by atoms with van der Waals surface area (Å²) in [6.07, 6.45) is 5.26. The summed E-state index contributed by atoms with van der Waals surface area (Å²) in [7, 11) is 1.75. The van der Waals surface area contributed by atoms with E-state index in [0.717, 1.165) is 12.3 Å². The highest BCUT2D eigenvalue weighted by atomic mass is 16.5. The zero-order valence-corrected chi connectivity index (χ0v) is 11.2. The van der Waals surface area contributed by atoms with E-state index in [2.05, 4.69) is 31.3 Å². The van der Waals surface area contributed by atoms with Crippen LogP contribution in [0.1, 0.15) is 48.4 Å². The molecular formula is C15H23NO. The first-order valence-corrected chi connectivity index (χ1v) is 6.61. The van der Waals surface area contributed by atoms with Crippen LogP contribution in [0, 0.1) is 13.8 Å². The van der Waals surface area contributed by atoms with Crippen LogP contribution in [-0.4, -0.2) is 13.7 Å². The quantitative estimate of drug-likeness (QED) is 0.844. The van der Waals surface area contributed by atoms with Gasteiger partial charge in [-0.1, -0.05) is 25.0 Å². The Hall–Kier alpha value is -1.02. The van der Waals surface area contributed by atoms with Crippen molar-refractivity contribution in [3.05, 3.63) is 28.8 Å². The van der Waals surface area contributed by atoms with E-state index in [0.29, 0.717) is 6.04 Å². The van der Waals surface area contributed by atoms with Gasteiger partial charge >= 0.3 is 0 Å². The fraction of sp³-hybridized carbons (Fsp3) is 0.600. The van der Waals surface area contributed by atoms with Gasteiger partial charge in [0.1, 0.15) is 5.75 Å². The number of rotatable bonds is 2. The third-order valence-corrected chi connectivity index (χ3v) is 3.65. The maximum absolute atomic E-state index is 5.42. The number of methoxy groups -OCH3 is 1. The Bertz CT molecular complexity index is 356. The van der Waals surface area contributed by atoms with Gasteiger partial charge < -0.3 is 10.1 Å². The van der Waals surface area contributed by atoms with Gasteiger partial charge in [0.25, 0.3) is 0 Å². The fourth-order valence-electron chi connectivity index (χ4n) is 2.82. The molecule has 1 aliphatic rings. The molecule has 1 saturated heterocycles. The van der Waals surface area contributed by atoms with Crippen molar-refractivity contribution in [3.63, 3.8) is 0 Å². The number of hydrogen-bond acceptors (Lipinski definition) is 2. The number of hydrogen-bond donors (Lipinski definition) is 1. The molecule has 1 aliphatic heterocycles. The number of aryl methyl sites for hydroxylation is 2. The Morgan fingerprint density at radius 1 is 1.12 bits per heavy atom. The Morgan fingerprint density at radius 3 is 2.47 bits per heavy atom. The van der Waals surface area contributed by atoms with E-state index in [1.54, 1.807) is 7.11 Å². The van der Waals surface area contributed by atoms with Gasteiger partial charge in [-0.3, -0.25) is 0 Å². The monoisotopic (exact) mass is 233 g/mol. The SMILES string of the molecule is COc1c(C)cc([C@@H]2CCCCCN2)cc1C. The molecule has 1 fully saturated rings. The molecule has 2 nitrogen and oxygen atoms in total. The molecule has 0 aromatic heterocycles. The summed E-state index contributed by atoms with van der Waals surface area (Å²) in [4.78, 5) is 0. The summed E-state index contributed by atoms with van der Waals surface area (Å²) >= 11 is 0. The van der Waals surface area contributed by atoms with Gasteiger partial charge in [-0.05, 0) is 49.9 Å². The summed E-state index contributed by atoms with van der Waals surface area (Å²) in [5, 5.41) is 3.65. The van der Waals surface area contributed by atoms with E-state index in [1.807, 2.05) is 0 Å². The second-order valence-corrected chi connectivity index (χ2v) is 5.04. The van der Waals surface area contributed by atoms with E-state index in [4.69, 9.17) is 4.74 Å². The molecule has 1 heterocycles. The van der Waals surface area contributed by atoms with Crippen LogP contribution >= 0.6 is 0 Å². The molecule has 2 rings (SSSR count). The summed E-state index contributed by atoms with van der Waals surface area (Å²) in [6.45, 7) is 5.41. The van der Waals surface area contributed by atoms with Crippen LogP contribution in [0.3, 0.4) is 0 Å². The minimum atomic E-state index is 0.529. The van der Waals surface area contributed by atoms with Crippen molar-refractivity contribution in [2.24, 2.45) is 0 Å². The predicted molar refractivity (Wildman–Crippen MR) is 71.7 cm³/mol. The number of nitrogens with one attached hydrogen (secondary N) is 1. The Labute approximate surface area is 104 Å². The molecule has 1 atom stereocenters. The second kappa shape index (κ2) is 5.54. The van der Waals surface area contributed by atoms with Crippen LogP contribution in [-0.2, 0) is 0 Å². The van der Waals surface area contributed by atoms with Gasteiger partial charge in [0, 0.05) is 6.04 Å². The van der Waals surface area contributed by atoms with E-state index >= 15 is 0 Å². The smallest absolute Gasteiger partial charge is 0.124 e. The van der Waals surface area contributed by atoms with E-state index < -0.39 is 0 Å². The van der Waals surface area contributed by atoms with Crippen molar-refractivity contribution in [1.29, 1.82) is 0 Å². The molecule has 0 spiro atoms. The average Bonchev–Trinajstić information content (AvgIpc) is 2.57. The Morgan fingerprint density at radius 2 is 1.82 bits per heavy atom. The van der Waals surface area contributed by atoms with Crippen molar-refractivity contribution < 1.29 is 4.74 Å². The van der Waals surface area contributed by atoms with Gasteiger partial charge in [-0.25, -0.2) is 0 Å². The van der Waals surface area contributed by atoms with Crippen LogP contribution in [0.5, 0.6) is 5.75 Å². The number of ether oxygens (including phenoxy) is 1. The Balaban J connectivity index is 2.26. The first-order chi connectivity index (χ1) is 8.22. The Kier molecular flexibility index (Phi) is 4.06. The lowest BCUT2D eigenvalue weighted by Crippen LogP contribution is -2.20. The molecule has 0 radical (unpaired) electrons. The molecule has 0 aliphatic carbocycles. The largest absolute Gasteiger partial charge is 0.496 e. The lowest BCUT2D eigenvalue weighted by Gasteiger charge is -2.19. The summed E-state index contributed by atoms with van der Waals surface area (Å²) in [5.74, 6) is 1.03. The van der Waals surface area contributed by atoms with Crippen LogP contribution in [0.25, 0.3) is 0 Å². The number of benzene rings is 1. The molecule has 17 heavy (non-hydrogen) atoms. The molecule has 2 heteroatoms. The summed E-state index contributed by atoms with van der Waals surface area (Å²) < 4.78 is 5.42. The topological polar surface area (TPSA) is 21.3 Å². The molecule has 1 aromatic carbocycles. The van der Waals surface area contributed by atoms with Gasteiger partial charge in [0.05, 0.1) is 7.11 Å². The second-order valence-electron chi connectivity index (χ2n) is 5.04. The zero-order valence-electron chi connectivity index (χ0n) is 11.2. The van der Waals surface area contributed by atoms with Crippen LogP contribution < -0.4 is 10.1 Å². The lowest BCUT2D eigenvalue weighted by atomic mass is 9.97. The van der Waals surface area contributed by atoms with E-state index in [9.17, 15) is 0 Å². The highest BCUT2D eigenvalue weighted by Gasteiger charge is 2.15.